The summed E-state index contributed by atoms with van der Waals surface area (Å²) >= 11 is 0. The normalized spacial score (nSPS) is 13.5. The van der Waals surface area contributed by atoms with Crippen LogP contribution < -0.4 is 10.5 Å². The van der Waals surface area contributed by atoms with Gasteiger partial charge in [-0.25, -0.2) is 0 Å². The lowest BCUT2D eigenvalue weighted by molar-refractivity contribution is 0.0859. The van der Waals surface area contributed by atoms with Gasteiger partial charge in [-0.05, 0) is 23.1 Å². The van der Waals surface area contributed by atoms with Gasteiger partial charge in [-0.1, -0.05) is 32.9 Å². The monoisotopic (exact) mass is 237 g/mol. The molecule has 0 amide bonds. The van der Waals surface area contributed by atoms with Crippen molar-refractivity contribution in [1.29, 1.82) is 0 Å². The lowest BCUT2D eigenvalue weighted by Gasteiger charge is -2.21. The van der Waals surface area contributed by atoms with Crippen molar-refractivity contribution in [1.82, 2.24) is 0 Å². The highest BCUT2D eigenvalue weighted by Gasteiger charge is 2.15. The molecule has 0 radical (unpaired) electrons. The standard InChI is InChI=1S/C14H23NO2/c1-14(2,3)11-6-5-7-12(8-11)17-13(9-15)10-16-4/h5-8,13H,9-10,15H2,1-4H3. The number of nitrogens with two attached hydrogens (primary N) is 1. The molecule has 3 heteroatoms. The molecular weight excluding hydrogens is 214 g/mol. The van der Waals surface area contributed by atoms with Crippen molar-refractivity contribution in [2.24, 2.45) is 5.73 Å². The third kappa shape index (κ3) is 4.36. The molecule has 1 rings (SSSR count). The Labute approximate surface area is 104 Å². The molecule has 0 aliphatic carbocycles. The molecule has 17 heavy (non-hydrogen) atoms. The minimum Gasteiger partial charge on any atom is -0.487 e. The van der Waals surface area contributed by atoms with Crippen LogP contribution in [0.3, 0.4) is 0 Å². The fourth-order valence-corrected chi connectivity index (χ4v) is 1.56. The van der Waals surface area contributed by atoms with E-state index in [0.29, 0.717) is 13.2 Å². The molecule has 1 aromatic rings. The van der Waals surface area contributed by atoms with E-state index in [9.17, 15) is 0 Å². The van der Waals surface area contributed by atoms with Crippen molar-refractivity contribution in [3.05, 3.63) is 29.8 Å². The van der Waals surface area contributed by atoms with E-state index in [-0.39, 0.29) is 11.5 Å². The fraction of sp³-hybridized carbons (Fsp3) is 0.571. The van der Waals surface area contributed by atoms with Gasteiger partial charge < -0.3 is 15.2 Å². The molecule has 1 aromatic carbocycles. The van der Waals surface area contributed by atoms with Gasteiger partial charge >= 0.3 is 0 Å². The van der Waals surface area contributed by atoms with Crippen LogP contribution in [0.15, 0.2) is 24.3 Å². The van der Waals surface area contributed by atoms with Gasteiger partial charge in [0.15, 0.2) is 0 Å². The first kappa shape index (κ1) is 14.0. The maximum absolute atomic E-state index is 5.79. The lowest BCUT2D eigenvalue weighted by atomic mass is 9.87. The van der Waals surface area contributed by atoms with Crippen LogP contribution in [-0.2, 0) is 10.2 Å². The Kier molecular flexibility index (Phi) is 4.97. The zero-order chi connectivity index (χ0) is 12.9. The smallest absolute Gasteiger partial charge is 0.134 e. The van der Waals surface area contributed by atoms with E-state index in [1.165, 1.54) is 5.56 Å². The summed E-state index contributed by atoms with van der Waals surface area (Å²) < 4.78 is 10.8. The van der Waals surface area contributed by atoms with Crippen molar-refractivity contribution in [3.63, 3.8) is 0 Å². The summed E-state index contributed by atoms with van der Waals surface area (Å²) in [5.41, 5.74) is 7.00. The van der Waals surface area contributed by atoms with Gasteiger partial charge in [0.2, 0.25) is 0 Å². The van der Waals surface area contributed by atoms with Crippen LogP contribution >= 0.6 is 0 Å². The number of hydrogen-bond donors (Lipinski definition) is 1. The molecule has 0 aliphatic rings. The average molecular weight is 237 g/mol. The third-order valence-electron chi connectivity index (χ3n) is 2.62. The van der Waals surface area contributed by atoms with Crippen LogP contribution in [-0.4, -0.2) is 26.4 Å². The van der Waals surface area contributed by atoms with E-state index in [1.54, 1.807) is 7.11 Å². The Bertz CT molecular complexity index is 344. The Morgan fingerprint density at radius 3 is 2.53 bits per heavy atom. The first-order valence-corrected chi connectivity index (χ1v) is 5.93. The molecule has 0 bridgehead atoms. The van der Waals surface area contributed by atoms with Crippen LogP contribution in [0.4, 0.5) is 0 Å². The summed E-state index contributed by atoms with van der Waals surface area (Å²) in [5.74, 6) is 0.852. The molecule has 0 fully saturated rings. The Morgan fingerprint density at radius 2 is 2.00 bits per heavy atom. The minimum atomic E-state index is -0.0878. The van der Waals surface area contributed by atoms with Gasteiger partial charge in [0.05, 0.1) is 6.61 Å². The van der Waals surface area contributed by atoms with Gasteiger partial charge in [0.1, 0.15) is 11.9 Å². The van der Waals surface area contributed by atoms with Crippen molar-refractivity contribution in [2.75, 3.05) is 20.3 Å². The Morgan fingerprint density at radius 1 is 1.29 bits per heavy atom. The van der Waals surface area contributed by atoms with Gasteiger partial charge in [0.25, 0.3) is 0 Å². The summed E-state index contributed by atoms with van der Waals surface area (Å²) in [6.45, 7) is 7.51. The molecule has 3 nitrogen and oxygen atoms in total. The van der Waals surface area contributed by atoms with Crippen LogP contribution in [0.5, 0.6) is 5.75 Å². The van der Waals surface area contributed by atoms with Crippen molar-refractivity contribution < 1.29 is 9.47 Å². The maximum Gasteiger partial charge on any atom is 0.134 e. The summed E-state index contributed by atoms with van der Waals surface area (Å²) in [4.78, 5) is 0. The molecule has 2 N–H and O–H groups in total. The molecule has 0 saturated carbocycles. The number of ether oxygens (including phenoxy) is 2. The van der Waals surface area contributed by atoms with Crippen LogP contribution in [0, 0.1) is 0 Å². The molecule has 1 atom stereocenters. The lowest BCUT2D eigenvalue weighted by Crippen LogP contribution is -2.31. The number of hydrogen-bond acceptors (Lipinski definition) is 3. The van der Waals surface area contributed by atoms with Crippen LogP contribution in [0.1, 0.15) is 26.3 Å². The summed E-state index contributed by atoms with van der Waals surface area (Å²) in [6, 6.07) is 8.14. The van der Waals surface area contributed by atoms with Crippen LogP contribution in [0.2, 0.25) is 0 Å². The first-order valence-electron chi connectivity index (χ1n) is 5.93. The second-order valence-corrected chi connectivity index (χ2v) is 5.21. The van der Waals surface area contributed by atoms with Crippen molar-refractivity contribution in [2.45, 2.75) is 32.3 Å². The van der Waals surface area contributed by atoms with Gasteiger partial charge in [-0.3, -0.25) is 0 Å². The molecule has 0 heterocycles. The van der Waals surface area contributed by atoms with E-state index in [2.05, 4.69) is 32.9 Å². The SMILES string of the molecule is COCC(CN)Oc1cccc(C(C)(C)C)c1. The molecule has 0 aromatic heterocycles. The third-order valence-corrected chi connectivity index (χ3v) is 2.62. The molecular formula is C14H23NO2. The average Bonchev–Trinajstić information content (AvgIpc) is 2.28. The summed E-state index contributed by atoms with van der Waals surface area (Å²) in [5, 5.41) is 0. The molecule has 0 saturated heterocycles. The Hall–Kier alpha value is -1.06. The van der Waals surface area contributed by atoms with E-state index >= 15 is 0 Å². The quantitative estimate of drug-likeness (QED) is 0.855. The highest BCUT2D eigenvalue weighted by atomic mass is 16.5. The van der Waals surface area contributed by atoms with Gasteiger partial charge in [0, 0.05) is 13.7 Å². The molecule has 1 unspecified atom stereocenters. The largest absolute Gasteiger partial charge is 0.487 e. The maximum atomic E-state index is 5.79. The number of rotatable bonds is 5. The van der Waals surface area contributed by atoms with Gasteiger partial charge in [-0.15, -0.1) is 0 Å². The predicted molar refractivity (Wildman–Crippen MR) is 70.5 cm³/mol. The molecule has 0 aliphatic heterocycles. The van der Waals surface area contributed by atoms with Gasteiger partial charge in [-0.2, -0.15) is 0 Å². The zero-order valence-corrected chi connectivity index (χ0v) is 11.2. The summed E-state index contributed by atoms with van der Waals surface area (Å²) in [6.07, 6.45) is -0.0878. The topological polar surface area (TPSA) is 44.5 Å². The number of methoxy groups -OCH3 is 1. The first-order chi connectivity index (χ1) is 7.97. The second kappa shape index (κ2) is 6.03. The summed E-state index contributed by atoms with van der Waals surface area (Å²) in [7, 11) is 1.65. The van der Waals surface area contributed by atoms with Crippen molar-refractivity contribution >= 4 is 0 Å². The Balaban J connectivity index is 2.78. The van der Waals surface area contributed by atoms with Crippen molar-refractivity contribution in [3.8, 4) is 5.75 Å². The van der Waals surface area contributed by atoms with E-state index in [4.69, 9.17) is 15.2 Å². The van der Waals surface area contributed by atoms with E-state index in [1.807, 2.05) is 12.1 Å². The van der Waals surface area contributed by atoms with Crippen LogP contribution in [0.25, 0.3) is 0 Å². The van der Waals surface area contributed by atoms with E-state index < -0.39 is 0 Å². The highest BCUT2D eigenvalue weighted by molar-refractivity contribution is 5.32. The minimum absolute atomic E-state index is 0.0878. The number of benzene rings is 1. The fourth-order valence-electron chi connectivity index (χ4n) is 1.56. The highest BCUT2D eigenvalue weighted by Crippen LogP contribution is 2.25. The predicted octanol–water partition coefficient (Wildman–Crippen LogP) is 2.34. The second-order valence-electron chi connectivity index (χ2n) is 5.21. The molecule has 96 valence electrons. The van der Waals surface area contributed by atoms with E-state index in [0.717, 1.165) is 5.75 Å². The molecule has 0 spiro atoms. The zero-order valence-electron chi connectivity index (χ0n) is 11.2.